The fourth-order valence-electron chi connectivity index (χ4n) is 2.79. The Labute approximate surface area is 150 Å². The molecule has 5 nitrogen and oxygen atoms in total. The van der Waals surface area contributed by atoms with Crippen LogP contribution in [0.3, 0.4) is 0 Å². The van der Waals surface area contributed by atoms with Crippen LogP contribution in [-0.2, 0) is 4.79 Å². The molecule has 1 aromatic carbocycles. The fourth-order valence-corrected chi connectivity index (χ4v) is 2.79. The Balaban J connectivity index is 0.00000288. The van der Waals surface area contributed by atoms with Gasteiger partial charge in [0.05, 0.1) is 0 Å². The summed E-state index contributed by atoms with van der Waals surface area (Å²) in [6, 6.07) is 7.30. The van der Waals surface area contributed by atoms with Gasteiger partial charge in [-0.05, 0) is 49.9 Å². The standard InChI is InChI=1S/C18H27N3O2.ClH/c1-12(2)17(22)20-16-6-4-15(5-7-16)18(23)21-10-8-14(9-11-21)13(3)19;/h4-7,12-14H,8-11,19H2,1-3H3,(H,20,22);1H. The van der Waals surface area contributed by atoms with Gasteiger partial charge in [-0.1, -0.05) is 13.8 Å². The zero-order chi connectivity index (χ0) is 17.0. The summed E-state index contributed by atoms with van der Waals surface area (Å²) in [6.45, 7) is 7.25. The van der Waals surface area contributed by atoms with Crippen molar-refractivity contribution in [2.24, 2.45) is 17.6 Å². The number of halogens is 1. The van der Waals surface area contributed by atoms with E-state index in [1.165, 1.54) is 0 Å². The van der Waals surface area contributed by atoms with Crippen molar-refractivity contribution in [3.8, 4) is 0 Å². The molecule has 0 spiro atoms. The first kappa shape index (κ1) is 20.5. The molecule has 0 aromatic heterocycles. The van der Waals surface area contributed by atoms with Crippen molar-refractivity contribution < 1.29 is 9.59 Å². The number of likely N-dealkylation sites (tertiary alicyclic amines) is 1. The Morgan fingerprint density at radius 3 is 2.12 bits per heavy atom. The van der Waals surface area contributed by atoms with Crippen LogP contribution in [0.4, 0.5) is 5.69 Å². The number of nitrogens with zero attached hydrogens (tertiary/aromatic N) is 1. The van der Waals surface area contributed by atoms with Gasteiger partial charge in [-0.2, -0.15) is 0 Å². The summed E-state index contributed by atoms with van der Waals surface area (Å²) in [4.78, 5) is 26.1. The van der Waals surface area contributed by atoms with Crippen LogP contribution >= 0.6 is 12.4 Å². The molecule has 3 N–H and O–H groups in total. The molecule has 24 heavy (non-hydrogen) atoms. The number of amides is 2. The van der Waals surface area contributed by atoms with Crippen LogP contribution in [0.2, 0.25) is 0 Å². The molecule has 1 atom stereocenters. The van der Waals surface area contributed by atoms with Crippen LogP contribution in [0.1, 0.15) is 44.0 Å². The first-order valence-electron chi connectivity index (χ1n) is 8.34. The van der Waals surface area contributed by atoms with E-state index in [-0.39, 0.29) is 36.2 Å². The van der Waals surface area contributed by atoms with E-state index >= 15 is 0 Å². The lowest BCUT2D eigenvalue weighted by Gasteiger charge is -2.33. The van der Waals surface area contributed by atoms with E-state index in [2.05, 4.69) is 5.32 Å². The number of hydrogen-bond acceptors (Lipinski definition) is 3. The molecule has 1 aliphatic rings. The third kappa shape index (κ3) is 5.21. The Bertz CT molecular complexity index is 550. The van der Waals surface area contributed by atoms with E-state index in [0.29, 0.717) is 11.5 Å². The molecule has 0 saturated carbocycles. The normalized spacial score (nSPS) is 16.5. The third-order valence-electron chi connectivity index (χ3n) is 4.49. The lowest BCUT2D eigenvalue weighted by atomic mass is 9.90. The van der Waals surface area contributed by atoms with Gasteiger partial charge in [0.2, 0.25) is 5.91 Å². The van der Waals surface area contributed by atoms with E-state index < -0.39 is 0 Å². The molecular formula is C18H28ClN3O2. The Kier molecular flexibility index (Phi) is 7.70. The zero-order valence-electron chi connectivity index (χ0n) is 14.6. The molecule has 1 fully saturated rings. The highest BCUT2D eigenvalue weighted by molar-refractivity contribution is 5.96. The third-order valence-corrected chi connectivity index (χ3v) is 4.49. The zero-order valence-corrected chi connectivity index (χ0v) is 15.4. The van der Waals surface area contributed by atoms with Gasteiger partial charge in [0.1, 0.15) is 0 Å². The SMILES string of the molecule is CC(C)C(=O)Nc1ccc(C(=O)N2CCC(C(C)N)CC2)cc1.Cl. The van der Waals surface area contributed by atoms with E-state index in [4.69, 9.17) is 5.73 Å². The number of rotatable bonds is 4. The number of nitrogens with two attached hydrogens (primary N) is 1. The van der Waals surface area contributed by atoms with Gasteiger partial charge >= 0.3 is 0 Å². The summed E-state index contributed by atoms with van der Waals surface area (Å²) < 4.78 is 0. The fraction of sp³-hybridized carbons (Fsp3) is 0.556. The minimum atomic E-state index is -0.0671. The highest BCUT2D eigenvalue weighted by Gasteiger charge is 2.25. The Morgan fingerprint density at radius 2 is 1.67 bits per heavy atom. The number of anilines is 1. The second-order valence-electron chi connectivity index (χ2n) is 6.71. The summed E-state index contributed by atoms with van der Waals surface area (Å²) in [6.07, 6.45) is 1.93. The predicted molar refractivity (Wildman–Crippen MR) is 99.4 cm³/mol. The molecule has 1 unspecified atom stereocenters. The van der Waals surface area contributed by atoms with Crippen molar-refractivity contribution in [2.75, 3.05) is 18.4 Å². The van der Waals surface area contributed by atoms with E-state index in [9.17, 15) is 9.59 Å². The maximum atomic E-state index is 12.5. The number of carbonyl (C=O) groups is 2. The quantitative estimate of drug-likeness (QED) is 0.873. The van der Waals surface area contributed by atoms with Crippen LogP contribution < -0.4 is 11.1 Å². The van der Waals surface area contributed by atoms with Crippen molar-refractivity contribution in [1.29, 1.82) is 0 Å². The van der Waals surface area contributed by atoms with Gasteiger partial charge in [-0.25, -0.2) is 0 Å². The minimum absolute atomic E-state index is 0. The first-order chi connectivity index (χ1) is 10.9. The maximum absolute atomic E-state index is 12.5. The maximum Gasteiger partial charge on any atom is 0.253 e. The average molecular weight is 354 g/mol. The van der Waals surface area contributed by atoms with Crippen molar-refractivity contribution in [3.63, 3.8) is 0 Å². The Morgan fingerprint density at radius 1 is 1.12 bits per heavy atom. The molecule has 2 rings (SSSR count). The van der Waals surface area contributed by atoms with Crippen molar-refractivity contribution in [2.45, 2.75) is 39.7 Å². The molecule has 0 aliphatic carbocycles. The molecule has 134 valence electrons. The van der Waals surface area contributed by atoms with Crippen LogP contribution in [0.25, 0.3) is 0 Å². The monoisotopic (exact) mass is 353 g/mol. The van der Waals surface area contributed by atoms with Gasteiger partial charge in [-0.15, -0.1) is 12.4 Å². The molecule has 1 heterocycles. The highest BCUT2D eigenvalue weighted by atomic mass is 35.5. The number of hydrogen-bond donors (Lipinski definition) is 2. The number of piperidine rings is 1. The average Bonchev–Trinajstić information content (AvgIpc) is 2.55. The second-order valence-corrected chi connectivity index (χ2v) is 6.71. The van der Waals surface area contributed by atoms with Crippen LogP contribution in [0, 0.1) is 11.8 Å². The van der Waals surface area contributed by atoms with E-state index in [1.807, 2.05) is 25.7 Å². The molecule has 6 heteroatoms. The highest BCUT2D eigenvalue weighted by Crippen LogP contribution is 2.21. The molecule has 2 amide bonds. The van der Waals surface area contributed by atoms with Crippen molar-refractivity contribution in [3.05, 3.63) is 29.8 Å². The summed E-state index contributed by atoms with van der Waals surface area (Å²) in [5, 5.41) is 2.83. The molecule has 0 radical (unpaired) electrons. The lowest BCUT2D eigenvalue weighted by molar-refractivity contribution is -0.118. The number of carbonyl (C=O) groups excluding carboxylic acids is 2. The van der Waals surface area contributed by atoms with Gasteiger partial charge in [-0.3, -0.25) is 9.59 Å². The molecule has 1 aliphatic heterocycles. The summed E-state index contributed by atoms with van der Waals surface area (Å²) in [5.74, 6) is 0.465. The van der Waals surface area contributed by atoms with Crippen LogP contribution in [0.5, 0.6) is 0 Å². The van der Waals surface area contributed by atoms with Gasteiger partial charge in [0.25, 0.3) is 5.91 Å². The van der Waals surface area contributed by atoms with Crippen molar-refractivity contribution >= 4 is 29.9 Å². The largest absolute Gasteiger partial charge is 0.339 e. The van der Waals surface area contributed by atoms with Gasteiger partial charge in [0.15, 0.2) is 0 Å². The summed E-state index contributed by atoms with van der Waals surface area (Å²) in [7, 11) is 0. The van der Waals surface area contributed by atoms with Crippen LogP contribution in [0.15, 0.2) is 24.3 Å². The molecule has 1 saturated heterocycles. The van der Waals surface area contributed by atoms with Gasteiger partial charge < -0.3 is 16.0 Å². The molecular weight excluding hydrogens is 326 g/mol. The van der Waals surface area contributed by atoms with Crippen LogP contribution in [-0.4, -0.2) is 35.8 Å². The first-order valence-corrected chi connectivity index (χ1v) is 8.34. The Hall–Kier alpha value is -1.59. The minimum Gasteiger partial charge on any atom is -0.339 e. The van der Waals surface area contributed by atoms with E-state index in [0.717, 1.165) is 31.6 Å². The number of nitrogens with one attached hydrogen (secondary N) is 1. The van der Waals surface area contributed by atoms with E-state index in [1.54, 1.807) is 24.3 Å². The molecule has 0 bridgehead atoms. The number of benzene rings is 1. The molecule has 1 aromatic rings. The smallest absolute Gasteiger partial charge is 0.253 e. The predicted octanol–water partition coefficient (Wildman–Crippen LogP) is 2.90. The lowest BCUT2D eigenvalue weighted by Crippen LogP contribution is -2.42. The second kappa shape index (κ2) is 9.04. The topological polar surface area (TPSA) is 75.4 Å². The van der Waals surface area contributed by atoms with Gasteiger partial charge in [0, 0.05) is 36.3 Å². The van der Waals surface area contributed by atoms with Crippen molar-refractivity contribution in [1.82, 2.24) is 4.90 Å². The summed E-state index contributed by atoms with van der Waals surface area (Å²) >= 11 is 0. The summed E-state index contributed by atoms with van der Waals surface area (Å²) in [5.41, 5.74) is 7.32.